The van der Waals surface area contributed by atoms with Crippen LogP contribution < -0.4 is 10.6 Å². The Hall–Kier alpha value is -0.320. The van der Waals surface area contributed by atoms with Gasteiger partial charge in [0.15, 0.2) is 0 Å². The Bertz CT molecular complexity index is 265. The van der Waals surface area contributed by atoms with Crippen LogP contribution in [0, 0.1) is 5.92 Å². The number of amides is 1. The molecule has 0 aromatic carbocycles. The van der Waals surface area contributed by atoms with E-state index in [0.717, 1.165) is 45.5 Å². The number of rotatable bonds is 6. The van der Waals surface area contributed by atoms with Crippen LogP contribution in [0.1, 0.15) is 51.4 Å². The van der Waals surface area contributed by atoms with E-state index in [1.807, 2.05) is 0 Å². The number of hydrogen-bond acceptors (Lipinski definition) is 3. The van der Waals surface area contributed by atoms with E-state index in [1.165, 1.54) is 32.1 Å². The lowest BCUT2D eigenvalue weighted by Gasteiger charge is -2.23. The fourth-order valence-electron chi connectivity index (χ4n) is 2.99. The average Bonchev–Trinajstić information content (AvgIpc) is 2.49. The third-order valence-electron chi connectivity index (χ3n) is 4.19. The lowest BCUT2D eigenvalue weighted by atomic mass is 9.98. The summed E-state index contributed by atoms with van der Waals surface area (Å²) in [6, 6.07) is 0. The maximum Gasteiger partial charge on any atom is 0.224 e. The Kier molecular flexibility index (Phi) is 9.23. The lowest BCUT2D eigenvalue weighted by molar-refractivity contribution is -0.125. The Balaban J connectivity index is 0.00000200. The summed E-state index contributed by atoms with van der Waals surface area (Å²) >= 11 is 0. The summed E-state index contributed by atoms with van der Waals surface area (Å²) in [5, 5.41) is 6.31. The number of hydrogen-bond donors (Lipinski definition) is 2. The molecule has 0 aromatic heterocycles. The van der Waals surface area contributed by atoms with Crippen LogP contribution in [-0.4, -0.2) is 38.3 Å². The predicted octanol–water partition coefficient (Wildman–Crippen LogP) is 2.26. The van der Waals surface area contributed by atoms with Crippen LogP contribution in [0.3, 0.4) is 0 Å². The van der Waals surface area contributed by atoms with E-state index in [2.05, 4.69) is 10.6 Å². The number of carbonyl (C=O) groups is 1. The molecule has 1 aliphatic heterocycles. The van der Waals surface area contributed by atoms with Crippen molar-refractivity contribution in [2.45, 2.75) is 57.5 Å². The van der Waals surface area contributed by atoms with Crippen LogP contribution in [0.2, 0.25) is 0 Å². The first kappa shape index (κ1) is 17.7. The van der Waals surface area contributed by atoms with Crippen LogP contribution in [0.15, 0.2) is 0 Å². The van der Waals surface area contributed by atoms with Crippen molar-refractivity contribution in [3.63, 3.8) is 0 Å². The van der Waals surface area contributed by atoms with Crippen LogP contribution in [0.4, 0.5) is 0 Å². The summed E-state index contributed by atoms with van der Waals surface area (Å²) in [7, 11) is 0. The quantitative estimate of drug-likeness (QED) is 0.740. The van der Waals surface area contributed by atoms with Gasteiger partial charge in [0.1, 0.15) is 0 Å². The second-order valence-electron chi connectivity index (χ2n) is 5.82. The lowest BCUT2D eigenvalue weighted by Crippen LogP contribution is -2.41. The minimum atomic E-state index is 0. The second-order valence-corrected chi connectivity index (χ2v) is 5.82. The van der Waals surface area contributed by atoms with Gasteiger partial charge in [-0.25, -0.2) is 0 Å². The molecule has 2 N–H and O–H groups in total. The first-order valence-electron chi connectivity index (χ1n) is 7.96. The zero-order valence-corrected chi connectivity index (χ0v) is 13.2. The van der Waals surface area contributed by atoms with Gasteiger partial charge in [-0.2, -0.15) is 0 Å². The Morgan fingerprint density at radius 1 is 1.15 bits per heavy atom. The van der Waals surface area contributed by atoms with Crippen molar-refractivity contribution < 1.29 is 9.53 Å². The zero-order valence-electron chi connectivity index (χ0n) is 12.4. The standard InChI is InChI=1S/C15H28N2O2.ClH/c18-15(13-6-4-9-16-12-13)17-10-5-11-19-14-7-2-1-3-8-14;/h13-14,16H,1-12H2,(H,17,18);1H. The maximum atomic E-state index is 11.9. The molecule has 20 heavy (non-hydrogen) atoms. The fraction of sp³-hybridized carbons (Fsp3) is 0.933. The van der Waals surface area contributed by atoms with Crippen LogP contribution in [0.25, 0.3) is 0 Å². The van der Waals surface area contributed by atoms with Crippen molar-refractivity contribution in [2.75, 3.05) is 26.2 Å². The SMILES string of the molecule is Cl.O=C(NCCCOC1CCCCC1)C1CCCNC1. The predicted molar refractivity (Wildman–Crippen MR) is 83.3 cm³/mol. The molecule has 1 heterocycles. The smallest absolute Gasteiger partial charge is 0.224 e. The maximum absolute atomic E-state index is 11.9. The average molecular weight is 305 g/mol. The number of nitrogens with one attached hydrogen (secondary N) is 2. The van der Waals surface area contributed by atoms with Gasteiger partial charge < -0.3 is 15.4 Å². The van der Waals surface area contributed by atoms with Crippen molar-refractivity contribution >= 4 is 18.3 Å². The van der Waals surface area contributed by atoms with Crippen LogP contribution in [0.5, 0.6) is 0 Å². The molecule has 118 valence electrons. The Morgan fingerprint density at radius 3 is 2.65 bits per heavy atom. The normalized spacial score (nSPS) is 23.9. The largest absolute Gasteiger partial charge is 0.378 e. The number of halogens is 1. The van der Waals surface area contributed by atoms with E-state index in [0.29, 0.717) is 6.10 Å². The number of ether oxygens (including phenoxy) is 1. The molecule has 1 amide bonds. The zero-order chi connectivity index (χ0) is 13.3. The van der Waals surface area contributed by atoms with E-state index in [1.54, 1.807) is 0 Å². The molecule has 0 aromatic rings. The highest BCUT2D eigenvalue weighted by molar-refractivity contribution is 5.85. The number of carbonyl (C=O) groups excluding carboxylic acids is 1. The summed E-state index contributed by atoms with van der Waals surface area (Å²) in [5.74, 6) is 0.387. The van der Waals surface area contributed by atoms with Gasteiger partial charge in [0.2, 0.25) is 5.91 Å². The molecule has 0 spiro atoms. The second kappa shape index (κ2) is 10.4. The molecule has 1 aliphatic carbocycles. The van der Waals surface area contributed by atoms with Gasteiger partial charge in [-0.1, -0.05) is 19.3 Å². The van der Waals surface area contributed by atoms with Crippen molar-refractivity contribution in [3.05, 3.63) is 0 Å². The highest BCUT2D eigenvalue weighted by Crippen LogP contribution is 2.20. The molecular weight excluding hydrogens is 276 g/mol. The molecule has 4 nitrogen and oxygen atoms in total. The van der Waals surface area contributed by atoms with Crippen molar-refractivity contribution in [1.82, 2.24) is 10.6 Å². The first-order valence-corrected chi connectivity index (χ1v) is 7.96. The molecule has 1 unspecified atom stereocenters. The van der Waals surface area contributed by atoms with Gasteiger partial charge in [-0.15, -0.1) is 12.4 Å². The number of piperidine rings is 1. The van der Waals surface area contributed by atoms with Crippen molar-refractivity contribution in [1.29, 1.82) is 0 Å². The first-order chi connectivity index (χ1) is 9.36. The van der Waals surface area contributed by atoms with Gasteiger partial charge in [-0.05, 0) is 38.6 Å². The third kappa shape index (κ3) is 6.42. The van der Waals surface area contributed by atoms with Gasteiger partial charge in [-0.3, -0.25) is 4.79 Å². The van der Waals surface area contributed by atoms with E-state index >= 15 is 0 Å². The summed E-state index contributed by atoms with van der Waals surface area (Å²) in [6.07, 6.45) is 9.99. The summed E-state index contributed by atoms with van der Waals surface area (Å²) in [4.78, 5) is 11.9. The van der Waals surface area contributed by atoms with Crippen molar-refractivity contribution in [3.8, 4) is 0 Å². The van der Waals surface area contributed by atoms with Gasteiger partial charge in [0, 0.05) is 19.7 Å². The van der Waals surface area contributed by atoms with E-state index in [9.17, 15) is 4.79 Å². The summed E-state index contributed by atoms with van der Waals surface area (Å²) < 4.78 is 5.85. The highest BCUT2D eigenvalue weighted by atomic mass is 35.5. The molecule has 0 bridgehead atoms. The van der Waals surface area contributed by atoms with Crippen LogP contribution in [-0.2, 0) is 9.53 Å². The molecule has 5 heteroatoms. The van der Waals surface area contributed by atoms with Crippen LogP contribution >= 0.6 is 12.4 Å². The van der Waals surface area contributed by atoms with E-state index < -0.39 is 0 Å². The van der Waals surface area contributed by atoms with Gasteiger partial charge in [0.25, 0.3) is 0 Å². The molecule has 2 fully saturated rings. The minimum Gasteiger partial charge on any atom is -0.378 e. The van der Waals surface area contributed by atoms with E-state index in [4.69, 9.17) is 4.74 Å². The fourth-order valence-corrected chi connectivity index (χ4v) is 2.99. The molecule has 2 rings (SSSR count). The molecule has 1 atom stereocenters. The monoisotopic (exact) mass is 304 g/mol. The van der Waals surface area contributed by atoms with E-state index in [-0.39, 0.29) is 24.2 Å². The van der Waals surface area contributed by atoms with Gasteiger partial charge >= 0.3 is 0 Å². The third-order valence-corrected chi connectivity index (χ3v) is 4.19. The molecule has 1 saturated carbocycles. The topological polar surface area (TPSA) is 50.4 Å². The minimum absolute atomic E-state index is 0. The summed E-state index contributed by atoms with van der Waals surface area (Å²) in [5.41, 5.74) is 0. The summed E-state index contributed by atoms with van der Waals surface area (Å²) in [6.45, 7) is 3.43. The Morgan fingerprint density at radius 2 is 1.95 bits per heavy atom. The molecule has 0 radical (unpaired) electrons. The highest BCUT2D eigenvalue weighted by Gasteiger charge is 2.20. The molecule has 1 saturated heterocycles. The van der Waals surface area contributed by atoms with Crippen molar-refractivity contribution in [2.24, 2.45) is 5.92 Å². The molecular formula is C15H29ClN2O2. The molecule has 2 aliphatic rings. The van der Waals surface area contributed by atoms with Gasteiger partial charge in [0.05, 0.1) is 12.0 Å². The Labute approximate surface area is 128 Å².